The second-order valence-corrected chi connectivity index (χ2v) is 8.84. The van der Waals surface area contributed by atoms with Crippen LogP contribution in [0.25, 0.3) is 0 Å². The second-order valence-electron chi connectivity index (χ2n) is 7.78. The molecule has 4 aliphatic rings. The zero-order valence-electron chi connectivity index (χ0n) is 14.6. The normalized spacial score (nSPS) is 29.1. The molecule has 1 aromatic rings. The van der Waals surface area contributed by atoms with Gasteiger partial charge in [-0.2, -0.15) is 0 Å². The van der Waals surface area contributed by atoms with E-state index in [4.69, 9.17) is 9.72 Å². The number of carbonyl (C=O) groups is 1. The Morgan fingerprint density at radius 1 is 1.16 bits per heavy atom. The molecule has 2 unspecified atom stereocenters. The Morgan fingerprint density at radius 2 is 1.92 bits per heavy atom. The molecule has 5 rings (SSSR count). The zero-order chi connectivity index (χ0) is 16.8. The van der Waals surface area contributed by atoms with Crippen molar-refractivity contribution in [1.82, 2.24) is 15.2 Å². The summed E-state index contributed by atoms with van der Waals surface area (Å²) in [6.45, 7) is 3.54. The van der Waals surface area contributed by atoms with E-state index >= 15 is 0 Å². The lowest BCUT2D eigenvalue weighted by Gasteiger charge is -2.35. The molecule has 1 saturated carbocycles. The molecule has 25 heavy (non-hydrogen) atoms. The Balaban J connectivity index is 1.28. The summed E-state index contributed by atoms with van der Waals surface area (Å²) in [5.41, 5.74) is 1.20. The number of nitrogens with one attached hydrogen (secondary N) is 1. The number of anilines is 1. The first-order chi connectivity index (χ1) is 12.3. The molecule has 0 spiro atoms. The molecule has 2 atom stereocenters. The van der Waals surface area contributed by atoms with Crippen LogP contribution in [-0.4, -0.2) is 53.8 Å². The van der Waals surface area contributed by atoms with Gasteiger partial charge in [0, 0.05) is 43.0 Å². The molecule has 136 valence electrons. The Labute approximate surface area is 152 Å². The molecule has 1 amide bonds. The van der Waals surface area contributed by atoms with E-state index in [-0.39, 0.29) is 12.2 Å². The fraction of sp³-hybridized carbons (Fsp3) is 0.778. The minimum absolute atomic E-state index is 0.130. The largest absolute Gasteiger partial charge is 0.446 e. The number of ether oxygens (including phenoxy) is 1. The summed E-state index contributed by atoms with van der Waals surface area (Å²) in [5, 5.41) is 4.70. The highest BCUT2D eigenvalue weighted by Gasteiger charge is 2.39. The maximum atomic E-state index is 12.5. The minimum atomic E-state index is -0.130. The fourth-order valence-corrected chi connectivity index (χ4v) is 6.03. The van der Waals surface area contributed by atoms with E-state index < -0.39 is 0 Å². The molecule has 2 saturated heterocycles. The molecule has 0 aromatic carbocycles. The van der Waals surface area contributed by atoms with Gasteiger partial charge in [-0.1, -0.05) is 11.3 Å². The van der Waals surface area contributed by atoms with Crippen LogP contribution < -0.4 is 10.2 Å². The molecule has 7 heteroatoms. The summed E-state index contributed by atoms with van der Waals surface area (Å²) < 4.78 is 5.69. The molecular formula is C18H26N4O2S. The van der Waals surface area contributed by atoms with Crippen LogP contribution in [0.1, 0.15) is 49.1 Å². The van der Waals surface area contributed by atoms with E-state index in [1.165, 1.54) is 41.4 Å². The van der Waals surface area contributed by atoms with Crippen LogP contribution in [0.2, 0.25) is 0 Å². The number of carbonyl (C=O) groups excluding carboxylic acids is 1. The summed E-state index contributed by atoms with van der Waals surface area (Å²) in [7, 11) is 0. The van der Waals surface area contributed by atoms with Gasteiger partial charge in [0.25, 0.3) is 0 Å². The van der Waals surface area contributed by atoms with Crippen LogP contribution >= 0.6 is 11.3 Å². The first-order valence-electron chi connectivity index (χ1n) is 9.71. The Kier molecular flexibility index (Phi) is 4.08. The third-order valence-corrected chi connectivity index (χ3v) is 7.24. The van der Waals surface area contributed by atoms with Crippen LogP contribution in [0.4, 0.5) is 9.93 Å². The van der Waals surface area contributed by atoms with Gasteiger partial charge < -0.3 is 19.9 Å². The summed E-state index contributed by atoms with van der Waals surface area (Å²) in [6, 6.07) is 1.18. The van der Waals surface area contributed by atoms with Crippen LogP contribution in [0, 0.1) is 0 Å². The van der Waals surface area contributed by atoms with E-state index in [1.54, 1.807) is 11.3 Å². The minimum Gasteiger partial charge on any atom is -0.446 e. The molecule has 0 radical (unpaired) electrons. The third-order valence-electron chi connectivity index (χ3n) is 6.15. The van der Waals surface area contributed by atoms with Gasteiger partial charge in [-0.25, -0.2) is 9.78 Å². The maximum Gasteiger partial charge on any atom is 0.410 e. The van der Waals surface area contributed by atoms with Gasteiger partial charge in [0.1, 0.15) is 6.10 Å². The van der Waals surface area contributed by atoms with Gasteiger partial charge in [0.2, 0.25) is 0 Å². The average molecular weight is 362 g/mol. The van der Waals surface area contributed by atoms with Crippen molar-refractivity contribution in [2.45, 2.75) is 69.7 Å². The summed E-state index contributed by atoms with van der Waals surface area (Å²) >= 11 is 1.79. The number of aromatic nitrogens is 1. The van der Waals surface area contributed by atoms with E-state index in [2.05, 4.69) is 10.2 Å². The zero-order valence-corrected chi connectivity index (χ0v) is 15.4. The van der Waals surface area contributed by atoms with Crippen molar-refractivity contribution in [2.75, 3.05) is 24.5 Å². The van der Waals surface area contributed by atoms with E-state index in [0.29, 0.717) is 18.6 Å². The van der Waals surface area contributed by atoms with E-state index in [9.17, 15) is 4.79 Å². The van der Waals surface area contributed by atoms with Crippen molar-refractivity contribution in [3.63, 3.8) is 0 Å². The lowest BCUT2D eigenvalue weighted by Crippen LogP contribution is -2.51. The number of hydrogen-bond donors (Lipinski definition) is 1. The molecule has 6 nitrogen and oxygen atoms in total. The quantitative estimate of drug-likeness (QED) is 0.876. The van der Waals surface area contributed by atoms with Gasteiger partial charge >= 0.3 is 6.09 Å². The van der Waals surface area contributed by atoms with Crippen LogP contribution in [0.3, 0.4) is 0 Å². The van der Waals surface area contributed by atoms with Gasteiger partial charge in [0.05, 0.1) is 12.2 Å². The van der Waals surface area contributed by atoms with Crippen LogP contribution in [0.5, 0.6) is 0 Å². The third kappa shape index (κ3) is 2.91. The van der Waals surface area contributed by atoms with Crippen LogP contribution in [-0.2, 0) is 17.7 Å². The summed E-state index contributed by atoms with van der Waals surface area (Å²) in [5.74, 6) is 0. The number of fused-ring (bicyclic) bond motifs is 3. The number of nitrogens with zero attached hydrogens (tertiary/aromatic N) is 3. The first-order valence-corrected chi connectivity index (χ1v) is 10.5. The predicted octanol–water partition coefficient (Wildman–Crippen LogP) is 2.52. The number of amides is 1. The number of piperazine rings is 1. The maximum absolute atomic E-state index is 12.5. The monoisotopic (exact) mass is 362 g/mol. The van der Waals surface area contributed by atoms with Gasteiger partial charge in [0.15, 0.2) is 5.13 Å². The molecule has 3 aliphatic heterocycles. The average Bonchev–Trinajstić information content (AvgIpc) is 3.32. The van der Waals surface area contributed by atoms with Crippen molar-refractivity contribution in [3.8, 4) is 0 Å². The van der Waals surface area contributed by atoms with Crippen molar-refractivity contribution in [2.24, 2.45) is 0 Å². The molecule has 2 bridgehead atoms. The summed E-state index contributed by atoms with van der Waals surface area (Å²) in [6.07, 6.45) is 7.83. The highest BCUT2D eigenvalue weighted by molar-refractivity contribution is 7.15. The number of thiazole rings is 1. The van der Waals surface area contributed by atoms with Gasteiger partial charge in [-0.05, 0) is 38.5 Å². The highest BCUT2D eigenvalue weighted by atomic mass is 32.1. The fourth-order valence-electron chi connectivity index (χ4n) is 4.76. The van der Waals surface area contributed by atoms with Crippen LogP contribution in [0.15, 0.2) is 0 Å². The van der Waals surface area contributed by atoms with Crippen molar-refractivity contribution >= 4 is 22.6 Å². The highest BCUT2D eigenvalue weighted by Crippen LogP contribution is 2.38. The molecule has 4 heterocycles. The molecule has 1 N–H and O–H groups in total. The SMILES string of the molecule is O=C(OC1CCCC1)N1CCc2nc(N3C4CCC3CNC4)sc2C1. The van der Waals surface area contributed by atoms with Crippen molar-refractivity contribution in [1.29, 1.82) is 0 Å². The van der Waals surface area contributed by atoms with Gasteiger partial charge in [-0.15, -0.1) is 0 Å². The number of hydrogen-bond acceptors (Lipinski definition) is 6. The van der Waals surface area contributed by atoms with E-state index in [1.807, 2.05) is 4.90 Å². The molecule has 1 aromatic heterocycles. The van der Waals surface area contributed by atoms with E-state index in [0.717, 1.165) is 38.9 Å². The topological polar surface area (TPSA) is 57.7 Å². The molecule has 3 fully saturated rings. The Morgan fingerprint density at radius 3 is 2.68 bits per heavy atom. The Bertz CT molecular complexity index is 642. The number of rotatable bonds is 2. The second kappa shape index (κ2) is 6.43. The molecule has 1 aliphatic carbocycles. The lowest BCUT2D eigenvalue weighted by molar-refractivity contribution is 0.0621. The standard InChI is InChI=1S/C18H26N4O2S/c23-18(24-14-3-1-2-4-14)21-8-7-15-16(11-21)25-17(20-15)22-12-5-6-13(22)10-19-9-12/h12-14,19H,1-11H2. The van der Waals surface area contributed by atoms with Gasteiger partial charge in [-0.3, -0.25) is 0 Å². The van der Waals surface area contributed by atoms with Crippen molar-refractivity contribution < 1.29 is 9.53 Å². The van der Waals surface area contributed by atoms with Crippen molar-refractivity contribution in [3.05, 3.63) is 10.6 Å². The predicted molar refractivity (Wildman–Crippen MR) is 97.1 cm³/mol. The molecular weight excluding hydrogens is 336 g/mol. The Hall–Kier alpha value is -1.34. The smallest absolute Gasteiger partial charge is 0.410 e. The summed E-state index contributed by atoms with van der Waals surface area (Å²) in [4.78, 5) is 23.1. The lowest BCUT2D eigenvalue weighted by atomic mass is 10.2. The first kappa shape index (κ1) is 15.9.